The molecule has 0 saturated heterocycles. The van der Waals surface area contributed by atoms with Gasteiger partial charge in [-0.3, -0.25) is 28.2 Å². The number of esters is 2. The molecule has 0 bridgehead atoms. The Balaban J connectivity index is 1.26. The third kappa shape index (κ3) is 14.4. The molecule has 3 atom stereocenters. The van der Waals surface area contributed by atoms with Crippen LogP contribution in [0.4, 0.5) is 5.69 Å². The fraction of sp³-hybridized carbons (Fsp3) is 0.385. The molecule has 1 heterocycles. The Bertz CT molecular complexity index is 2210. The number of unbranched alkanes of at least 4 members (excludes halogenated alkanes) is 4. The van der Waals surface area contributed by atoms with Crippen LogP contribution in [0, 0.1) is 0 Å². The number of rotatable bonds is 23. The number of hydrogen-bond donors (Lipinski definition) is 7. The largest absolute Gasteiger partial charge is 0.508 e. The first kappa shape index (κ1) is 46.3. The molecule has 1 unspecified atom stereocenters. The molecule has 2 aliphatic rings. The molecule has 0 amide bonds. The van der Waals surface area contributed by atoms with E-state index in [1.807, 2.05) is 6.92 Å². The number of phenolic OH excluding ortho intramolecular Hbond substituents is 1. The van der Waals surface area contributed by atoms with Crippen LogP contribution in [0.2, 0.25) is 0 Å². The van der Waals surface area contributed by atoms with E-state index >= 15 is 0 Å². The van der Waals surface area contributed by atoms with Crippen LogP contribution in [0.1, 0.15) is 68.6 Å². The summed E-state index contributed by atoms with van der Waals surface area (Å²) in [5, 5.41) is 35.9. The van der Waals surface area contributed by atoms with Gasteiger partial charge in [-0.05, 0) is 73.4 Å². The minimum atomic E-state index is -4.79. The number of carboxylic acid groups (broad SMARTS) is 2. The van der Waals surface area contributed by atoms with Gasteiger partial charge in [-0.15, -0.1) is 0 Å². The lowest BCUT2D eigenvalue weighted by atomic mass is 9.90. The van der Waals surface area contributed by atoms with Crippen LogP contribution in [0.15, 0.2) is 63.8 Å². The minimum absolute atomic E-state index is 0.0129. The van der Waals surface area contributed by atoms with Crippen molar-refractivity contribution in [1.29, 1.82) is 0 Å². The maximum atomic E-state index is 12.5. The predicted octanol–water partition coefficient (Wildman–Crippen LogP) is 5.40. The van der Waals surface area contributed by atoms with E-state index in [1.54, 1.807) is 24.3 Å². The molecule has 0 saturated carbocycles. The van der Waals surface area contributed by atoms with Crippen molar-refractivity contribution >= 4 is 65.7 Å². The number of nitrogens with one attached hydrogen (secondary N) is 2. The van der Waals surface area contributed by atoms with Crippen molar-refractivity contribution in [1.82, 2.24) is 5.32 Å². The van der Waals surface area contributed by atoms with Gasteiger partial charge in [0.15, 0.2) is 16.6 Å². The molecule has 0 spiro atoms. The van der Waals surface area contributed by atoms with E-state index in [4.69, 9.17) is 41.5 Å². The van der Waals surface area contributed by atoms with Gasteiger partial charge in [-0.25, -0.2) is 9.36 Å². The fourth-order valence-corrected chi connectivity index (χ4v) is 6.71. The van der Waals surface area contributed by atoms with Gasteiger partial charge in [-0.2, -0.15) is 0 Å². The van der Waals surface area contributed by atoms with Crippen LogP contribution >= 0.6 is 20.0 Å². The number of phosphoric ester groups is 1. The highest BCUT2D eigenvalue weighted by Gasteiger charge is 2.28. The van der Waals surface area contributed by atoms with Gasteiger partial charge in [0.2, 0.25) is 0 Å². The quantitative estimate of drug-likeness (QED) is 0.0162. The van der Waals surface area contributed by atoms with E-state index in [1.165, 1.54) is 30.3 Å². The molecule has 2 aromatic carbocycles. The van der Waals surface area contributed by atoms with E-state index in [0.717, 1.165) is 12.8 Å². The maximum Gasteiger partial charge on any atom is 0.472 e. The zero-order chi connectivity index (χ0) is 43.1. The van der Waals surface area contributed by atoms with Gasteiger partial charge in [0.05, 0.1) is 18.8 Å². The Labute approximate surface area is 343 Å². The standard InChI is InChI=1S/C39H46N3O15PS/c1-2-3-5-9-35(46)56-26(21-54-58(51,52)55-22-31(40)38(49)50)20-53-34(45)8-6-4-7-16-41-39(59)42-23-10-13-27(30(17-23)37(47)48)36-28-14-11-24(43)18-32(28)57-33-19-25(44)12-15-29(33)36/h10-15,17-19,26,31,43H,2-9,16,20-22,40H2,1H3,(H,47,48)(H,49,50)(H,51,52)(H2,41,42,59)/t26-,31-/m0/s1. The second-order valence-corrected chi connectivity index (χ2v) is 15.2. The molecule has 4 rings (SSSR count). The average molecular weight is 860 g/mol. The lowest BCUT2D eigenvalue weighted by Gasteiger charge is -2.20. The lowest BCUT2D eigenvalue weighted by Crippen LogP contribution is -2.34. The number of carboxylic acids is 2. The lowest BCUT2D eigenvalue weighted by molar-refractivity contribution is -0.161. The molecule has 1 aliphatic heterocycles. The van der Waals surface area contributed by atoms with E-state index in [9.17, 15) is 43.6 Å². The van der Waals surface area contributed by atoms with Crippen molar-refractivity contribution in [2.24, 2.45) is 5.73 Å². The first-order valence-electron chi connectivity index (χ1n) is 18.6. The number of ether oxygens (including phenoxy) is 2. The number of nitrogens with two attached hydrogens (primary N) is 1. The summed E-state index contributed by atoms with van der Waals surface area (Å²) in [5.41, 5.74) is 6.94. The summed E-state index contributed by atoms with van der Waals surface area (Å²) < 4.78 is 38.0. The average Bonchev–Trinajstić information content (AvgIpc) is 3.18. The molecule has 18 nitrogen and oxygen atoms in total. The van der Waals surface area contributed by atoms with Crippen LogP contribution in [-0.4, -0.2) is 87.7 Å². The summed E-state index contributed by atoms with van der Waals surface area (Å²) in [6, 6.07) is 11.8. The van der Waals surface area contributed by atoms with Crippen molar-refractivity contribution in [2.45, 2.75) is 70.4 Å². The minimum Gasteiger partial charge on any atom is -0.508 e. The molecule has 318 valence electrons. The topological polar surface area (TPSA) is 283 Å². The number of phosphoric acid groups is 1. The molecule has 8 N–H and O–H groups in total. The summed E-state index contributed by atoms with van der Waals surface area (Å²) >= 11 is 5.41. The van der Waals surface area contributed by atoms with Crippen molar-refractivity contribution in [2.75, 3.05) is 31.7 Å². The third-order valence-corrected chi connectivity index (χ3v) is 9.87. The van der Waals surface area contributed by atoms with E-state index in [2.05, 4.69) is 15.2 Å². The van der Waals surface area contributed by atoms with Crippen molar-refractivity contribution in [3.63, 3.8) is 0 Å². The van der Waals surface area contributed by atoms with Gasteiger partial charge in [0.1, 0.15) is 29.7 Å². The number of aromatic carboxylic acids is 1. The van der Waals surface area contributed by atoms with Gasteiger partial charge in [-0.1, -0.05) is 32.3 Å². The number of aromatic hydroxyl groups is 1. The normalized spacial score (nSPS) is 13.3. The number of benzene rings is 3. The summed E-state index contributed by atoms with van der Waals surface area (Å²) in [5.74, 6) is -3.75. The number of hydrogen-bond acceptors (Lipinski definition) is 14. The Kier molecular flexibility index (Phi) is 17.3. The fourth-order valence-electron chi connectivity index (χ4n) is 5.71. The van der Waals surface area contributed by atoms with Crippen LogP contribution in [-0.2, 0) is 37.5 Å². The zero-order valence-electron chi connectivity index (χ0n) is 32.0. The second kappa shape index (κ2) is 22.1. The monoisotopic (exact) mass is 859 g/mol. The smallest absolute Gasteiger partial charge is 0.472 e. The Morgan fingerprint density at radius 3 is 2.32 bits per heavy atom. The van der Waals surface area contributed by atoms with Gasteiger partial charge in [0, 0.05) is 53.7 Å². The molecular formula is C39H46N3O15PS. The number of phenols is 1. The predicted molar refractivity (Wildman–Crippen MR) is 218 cm³/mol. The first-order chi connectivity index (χ1) is 28.1. The maximum absolute atomic E-state index is 12.5. The Hall–Kier alpha value is -5.43. The number of carbonyl (C=O) groups excluding carboxylic acids is 2. The molecule has 20 heteroatoms. The van der Waals surface area contributed by atoms with Crippen LogP contribution in [0.25, 0.3) is 33.4 Å². The van der Waals surface area contributed by atoms with E-state index < -0.39 is 63.7 Å². The number of anilines is 1. The Morgan fingerprint density at radius 1 is 0.881 bits per heavy atom. The van der Waals surface area contributed by atoms with E-state index in [-0.39, 0.29) is 46.0 Å². The van der Waals surface area contributed by atoms with Crippen LogP contribution < -0.4 is 21.8 Å². The SMILES string of the molecule is CCCCCC(=O)O[C@@H](COC(=O)CCCCCNC(=S)Nc1ccc(-c2c3ccc(=O)cc-3oc3cc(O)ccc23)c(C(=O)O)c1)COP(=O)(O)OC[C@H](N)C(=O)O. The molecule has 1 aliphatic carbocycles. The molecule has 0 radical (unpaired) electrons. The van der Waals surface area contributed by atoms with E-state index in [0.29, 0.717) is 60.0 Å². The number of carbonyl (C=O) groups is 4. The number of thiocarbonyl (C=S) groups is 1. The molecule has 59 heavy (non-hydrogen) atoms. The molecule has 0 fully saturated rings. The van der Waals surface area contributed by atoms with Gasteiger partial charge in [0.25, 0.3) is 0 Å². The van der Waals surface area contributed by atoms with Crippen LogP contribution in [0.3, 0.4) is 0 Å². The molecular weight excluding hydrogens is 813 g/mol. The van der Waals surface area contributed by atoms with Crippen LogP contribution in [0.5, 0.6) is 5.75 Å². The van der Waals surface area contributed by atoms with Crippen molar-refractivity contribution < 1.29 is 66.9 Å². The second-order valence-electron chi connectivity index (χ2n) is 13.3. The van der Waals surface area contributed by atoms with Gasteiger partial charge >= 0.3 is 31.7 Å². The zero-order valence-corrected chi connectivity index (χ0v) is 33.8. The van der Waals surface area contributed by atoms with Gasteiger partial charge < -0.3 is 50.5 Å². The molecule has 0 aromatic heterocycles. The number of aliphatic carboxylic acids is 1. The highest BCUT2D eigenvalue weighted by atomic mass is 32.1. The summed E-state index contributed by atoms with van der Waals surface area (Å²) in [6.45, 7) is 0.399. The van der Waals surface area contributed by atoms with Crippen molar-refractivity contribution in [3.05, 3.63) is 70.4 Å². The molecule has 2 aromatic rings. The first-order valence-corrected chi connectivity index (χ1v) is 20.5. The number of fused-ring (bicyclic) bond motifs is 2. The third-order valence-electron chi connectivity index (χ3n) is 8.67. The summed E-state index contributed by atoms with van der Waals surface area (Å²) in [6.07, 6.45) is 2.63. The highest BCUT2D eigenvalue weighted by Crippen LogP contribution is 2.44. The Morgan fingerprint density at radius 2 is 1.59 bits per heavy atom. The summed E-state index contributed by atoms with van der Waals surface area (Å²) in [4.78, 5) is 70.1. The highest BCUT2D eigenvalue weighted by molar-refractivity contribution is 7.80. The summed E-state index contributed by atoms with van der Waals surface area (Å²) in [7, 11) is -4.79. The van der Waals surface area contributed by atoms with Crippen molar-refractivity contribution in [3.8, 4) is 28.2 Å².